The Morgan fingerprint density at radius 1 is 1.32 bits per heavy atom. The molecule has 1 aromatic carbocycles. The van der Waals surface area contributed by atoms with Crippen LogP contribution in [0.3, 0.4) is 0 Å². The first-order valence-electron chi connectivity index (χ1n) is 7.81. The van der Waals surface area contributed by atoms with Gasteiger partial charge in [0.05, 0.1) is 16.9 Å². The van der Waals surface area contributed by atoms with Crippen molar-refractivity contribution in [2.75, 3.05) is 0 Å². The smallest absolute Gasteiger partial charge is 0.141 e. The molecule has 1 N–H and O–H groups in total. The predicted molar refractivity (Wildman–Crippen MR) is 87.6 cm³/mol. The van der Waals surface area contributed by atoms with Crippen LogP contribution in [0.5, 0.6) is 0 Å². The van der Waals surface area contributed by atoms with Crippen molar-refractivity contribution < 1.29 is 14.7 Å². The summed E-state index contributed by atoms with van der Waals surface area (Å²) in [7, 11) is 0. The summed E-state index contributed by atoms with van der Waals surface area (Å²) < 4.78 is 0.979. The van der Waals surface area contributed by atoms with E-state index in [0.717, 1.165) is 10.0 Å². The molecule has 4 atom stereocenters. The predicted octanol–water partition coefficient (Wildman–Crippen LogP) is 3.63. The molecule has 2 saturated carbocycles. The summed E-state index contributed by atoms with van der Waals surface area (Å²) in [4.78, 5) is 24.8. The lowest BCUT2D eigenvalue weighted by Gasteiger charge is -2.44. The molecule has 0 aliphatic heterocycles. The second-order valence-electron chi connectivity index (χ2n) is 6.98. The number of benzene rings is 1. The minimum absolute atomic E-state index is 0.0196. The lowest BCUT2D eigenvalue weighted by Crippen LogP contribution is -2.55. The van der Waals surface area contributed by atoms with Crippen molar-refractivity contribution >= 4 is 27.5 Å². The highest BCUT2D eigenvalue weighted by Gasteiger charge is 2.66. The number of carbonyl (C=O) groups excluding carboxylic acids is 2. The van der Waals surface area contributed by atoms with Crippen molar-refractivity contribution in [3.63, 3.8) is 0 Å². The third-order valence-electron chi connectivity index (χ3n) is 5.81. The Labute approximate surface area is 139 Å². The van der Waals surface area contributed by atoms with Gasteiger partial charge >= 0.3 is 0 Å². The van der Waals surface area contributed by atoms with Crippen LogP contribution in [0, 0.1) is 11.3 Å². The van der Waals surface area contributed by atoms with Crippen molar-refractivity contribution in [3.05, 3.63) is 34.3 Å². The van der Waals surface area contributed by atoms with Crippen molar-refractivity contribution in [2.24, 2.45) is 11.3 Å². The fourth-order valence-corrected chi connectivity index (χ4v) is 4.90. The Morgan fingerprint density at radius 3 is 2.55 bits per heavy atom. The van der Waals surface area contributed by atoms with Gasteiger partial charge in [0.2, 0.25) is 0 Å². The SMILES string of the molecule is CC(=O)[C@@H]1[C@@H](c2ccc(Br)cc2)C[C@@]2(C)C(=O)CCC[C@@]12O. The topological polar surface area (TPSA) is 54.4 Å². The highest BCUT2D eigenvalue weighted by atomic mass is 79.9. The summed E-state index contributed by atoms with van der Waals surface area (Å²) in [5.41, 5.74) is -0.981. The van der Waals surface area contributed by atoms with Gasteiger partial charge in [-0.25, -0.2) is 0 Å². The molecule has 0 bridgehead atoms. The first-order valence-corrected chi connectivity index (χ1v) is 8.60. The van der Waals surface area contributed by atoms with Gasteiger partial charge in [-0.1, -0.05) is 28.1 Å². The Balaban J connectivity index is 2.10. The number of hydrogen-bond donors (Lipinski definition) is 1. The van der Waals surface area contributed by atoms with E-state index in [0.29, 0.717) is 25.7 Å². The zero-order valence-electron chi connectivity index (χ0n) is 12.9. The van der Waals surface area contributed by atoms with E-state index in [-0.39, 0.29) is 17.5 Å². The van der Waals surface area contributed by atoms with E-state index in [4.69, 9.17) is 0 Å². The number of fused-ring (bicyclic) bond motifs is 1. The molecule has 2 aliphatic carbocycles. The fourth-order valence-electron chi connectivity index (χ4n) is 4.63. The molecular formula is C18H21BrO3. The van der Waals surface area contributed by atoms with Gasteiger partial charge in [-0.2, -0.15) is 0 Å². The molecular weight excluding hydrogens is 344 g/mol. The van der Waals surface area contributed by atoms with Crippen molar-refractivity contribution in [1.82, 2.24) is 0 Å². The summed E-state index contributed by atoms with van der Waals surface area (Å²) in [6, 6.07) is 7.86. The molecule has 0 radical (unpaired) electrons. The zero-order chi connectivity index (χ0) is 16.1. The largest absolute Gasteiger partial charge is 0.388 e. The number of Topliss-reactive ketones (excluding diaryl/α,β-unsaturated/α-hetero) is 2. The Bertz CT molecular complexity index is 624. The average Bonchev–Trinajstić information content (AvgIpc) is 2.70. The van der Waals surface area contributed by atoms with Gasteiger partial charge in [0, 0.05) is 10.9 Å². The van der Waals surface area contributed by atoms with Crippen LogP contribution >= 0.6 is 15.9 Å². The monoisotopic (exact) mass is 364 g/mol. The van der Waals surface area contributed by atoms with Crippen molar-refractivity contribution in [1.29, 1.82) is 0 Å². The van der Waals surface area contributed by atoms with E-state index in [1.807, 2.05) is 31.2 Å². The van der Waals surface area contributed by atoms with Crippen LogP contribution in [0.15, 0.2) is 28.7 Å². The van der Waals surface area contributed by atoms with Crippen molar-refractivity contribution in [3.8, 4) is 0 Å². The minimum atomic E-state index is -1.20. The molecule has 118 valence electrons. The molecule has 0 spiro atoms. The second-order valence-corrected chi connectivity index (χ2v) is 7.90. The Hall–Kier alpha value is -1.00. The van der Waals surface area contributed by atoms with Crippen LogP contribution in [-0.4, -0.2) is 22.3 Å². The molecule has 3 rings (SSSR count). The highest BCUT2D eigenvalue weighted by Crippen LogP contribution is 2.61. The van der Waals surface area contributed by atoms with Gasteiger partial charge in [0.15, 0.2) is 0 Å². The molecule has 22 heavy (non-hydrogen) atoms. The van der Waals surface area contributed by atoms with Crippen LogP contribution in [0.1, 0.15) is 51.0 Å². The molecule has 2 aliphatic rings. The first kappa shape index (κ1) is 15.9. The quantitative estimate of drug-likeness (QED) is 0.871. The lowest BCUT2D eigenvalue weighted by molar-refractivity contribution is -0.159. The van der Waals surface area contributed by atoms with Crippen LogP contribution in [0.25, 0.3) is 0 Å². The van der Waals surface area contributed by atoms with E-state index in [1.165, 1.54) is 0 Å². The van der Waals surface area contributed by atoms with E-state index in [9.17, 15) is 14.7 Å². The molecule has 4 heteroatoms. The molecule has 1 aromatic rings. The highest BCUT2D eigenvalue weighted by molar-refractivity contribution is 9.10. The van der Waals surface area contributed by atoms with Gasteiger partial charge in [0.1, 0.15) is 11.6 Å². The van der Waals surface area contributed by atoms with E-state index < -0.39 is 16.9 Å². The third kappa shape index (κ3) is 2.11. The van der Waals surface area contributed by atoms with Gasteiger partial charge in [-0.3, -0.25) is 9.59 Å². The van der Waals surface area contributed by atoms with Crippen LogP contribution < -0.4 is 0 Å². The van der Waals surface area contributed by atoms with Crippen LogP contribution in [0.4, 0.5) is 0 Å². The van der Waals surface area contributed by atoms with Gasteiger partial charge in [0.25, 0.3) is 0 Å². The molecule has 3 nitrogen and oxygen atoms in total. The molecule has 0 saturated heterocycles. The van der Waals surface area contributed by atoms with Gasteiger partial charge in [-0.05, 0) is 56.7 Å². The fraction of sp³-hybridized carbons (Fsp3) is 0.556. The summed E-state index contributed by atoms with van der Waals surface area (Å²) in [5.74, 6) is -0.508. The van der Waals surface area contributed by atoms with Crippen LogP contribution in [-0.2, 0) is 9.59 Å². The molecule has 0 unspecified atom stereocenters. The number of aliphatic hydroxyl groups is 1. The molecule has 0 amide bonds. The Morgan fingerprint density at radius 2 is 1.95 bits per heavy atom. The van der Waals surface area contributed by atoms with Gasteiger partial charge in [-0.15, -0.1) is 0 Å². The summed E-state index contributed by atoms with van der Waals surface area (Å²) in [6.45, 7) is 3.39. The summed E-state index contributed by atoms with van der Waals surface area (Å²) in [6.07, 6.45) is 2.26. The average molecular weight is 365 g/mol. The minimum Gasteiger partial charge on any atom is -0.388 e. The van der Waals surface area contributed by atoms with Gasteiger partial charge < -0.3 is 5.11 Å². The Kier molecular flexibility index (Phi) is 3.81. The zero-order valence-corrected chi connectivity index (χ0v) is 14.5. The molecule has 0 heterocycles. The molecule has 2 fully saturated rings. The van der Waals surface area contributed by atoms with E-state index in [2.05, 4.69) is 15.9 Å². The molecule has 0 aromatic heterocycles. The maximum absolute atomic E-state index is 12.5. The summed E-state index contributed by atoms with van der Waals surface area (Å²) in [5, 5.41) is 11.3. The number of ketones is 2. The van der Waals surface area contributed by atoms with E-state index >= 15 is 0 Å². The maximum atomic E-state index is 12.5. The summed E-state index contributed by atoms with van der Waals surface area (Å²) >= 11 is 3.42. The number of hydrogen-bond acceptors (Lipinski definition) is 3. The second kappa shape index (κ2) is 5.27. The maximum Gasteiger partial charge on any atom is 0.141 e. The first-order chi connectivity index (χ1) is 10.3. The number of halogens is 1. The normalized spacial score (nSPS) is 37.9. The number of rotatable bonds is 2. The van der Waals surface area contributed by atoms with Crippen LogP contribution in [0.2, 0.25) is 0 Å². The van der Waals surface area contributed by atoms with Crippen molar-refractivity contribution in [2.45, 2.75) is 51.0 Å². The van der Waals surface area contributed by atoms with E-state index in [1.54, 1.807) is 6.92 Å². The standard InChI is InChI=1S/C18H21BrO3/c1-11(20)16-14(12-5-7-13(19)8-6-12)10-17(2)15(21)4-3-9-18(16,17)22/h5-8,14,16,22H,3-4,9-10H2,1-2H3/t14-,16-,17+,18-/m1/s1. The third-order valence-corrected chi connectivity index (χ3v) is 6.34. The number of carbonyl (C=O) groups is 2. The lowest BCUT2D eigenvalue weighted by atomic mass is 9.62.